The fraction of sp³-hybridized carbons (Fsp3) is 0.706. The van der Waals surface area contributed by atoms with Crippen LogP contribution in [0, 0.1) is 0 Å². The fourth-order valence-corrected chi connectivity index (χ4v) is 6.57. The van der Waals surface area contributed by atoms with Crippen LogP contribution in [0.2, 0.25) is 0 Å². The number of rotatable bonds is 41. The molecule has 0 aliphatic rings. The molecule has 0 aliphatic carbocycles. The maximum absolute atomic E-state index is 12.4. The number of aliphatic hydroxyl groups is 2. The van der Waals surface area contributed by atoms with E-state index >= 15 is 0 Å². The average Bonchev–Trinajstić information content (AvgIpc) is 3.19. The maximum atomic E-state index is 12.4. The van der Waals surface area contributed by atoms with Crippen molar-refractivity contribution in [2.75, 3.05) is 6.61 Å². The van der Waals surface area contributed by atoms with Crippen LogP contribution in [-0.2, 0) is 4.79 Å². The molecule has 0 saturated heterocycles. The summed E-state index contributed by atoms with van der Waals surface area (Å²) < 4.78 is 0. The van der Waals surface area contributed by atoms with Crippen molar-refractivity contribution in [3.05, 3.63) is 85.1 Å². The average molecular weight is 764 g/mol. The second kappa shape index (κ2) is 46.0. The van der Waals surface area contributed by atoms with E-state index in [1.807, 2.05) is 6.08 Å². The molecule has 55 heavy (non-hydrogen) atoms. The van der Waals surface area contributed by atoms with E-state index in [2.05, 4.69) is 92.1 Å². The third kappa shape index (κ3) is 42.6. The first kappa shape index (κ1) is 52.6. The molecule has 3 N–H and O–H groups in total. The van der Waals surface area contributed by atoms with Crippen LogP contribution in [0.1, 0.15) is 213 Å². The summed E-state index contributed by atoms with van der Waals surface area (Å²) in [5.41, 5.74) is 0. The summed E-state index contributed by atoms with van der Waals surface area (Å²) in [5.74, 6) is -0.0791. The zero-order valence-corrected chi connectivity index (χ0v) is 36.2. The Hall–Kier alpha value is -2.43. The van der Waals surface area contributed by atoms with E-state index in [-0.39, 0.29) is 12.5 Å². The topological polar surface area (TPSA) is 69.6 Å². The van der Waals surface area contributed by atoms with Crippen molar-refractivity contribution in [1.29, 1.82) is 0 Å². The molecule has 0 saturated carbocycles. The second-order valence-electron chi connectivity index (χ2n) is 15.4. The molecule has 2 atom stereocenters. The smallest absolute Gasteiger partial charge is 0.220 e. The first-order valence-electron chi connectivity index (χ1n) is 23.3. The van der Waals surface area contributed by atoms with Gasteiger partial charge in [-0.2, -0.15) is 0 Å². The quantitative estimate of drug-likeness (QED) is 0.0429. The molecule has 0 radical (unpaired) electrons. The van der Waals surface area contributed by atoms with E-state index in [4.69, 9.17) is 0 Å². The number of hydrogen-bond donors (Lipinski definition) is 3. The second-order valence-corrected chi connectivity index (χ2v) is 15.4. The Morgan fingerprint density at radius 3 is 1.27 bits per heavy atom. The molecule has 2 unspecified atom stereocenters. The predicted octanol–water partition coefficient (Wildman–Crippen LogP) is 14.9. The van der Waals surface area contributed by atoms with Crippen LogP contribution in [-0.4, -0.2) is 34.9 Å². The highest BCUT2D eigenvalue weighted by Crippen LogP contribution is 2.14. The lowest BCUT2D eigenvalue weighted by Crippen LogP contribution is -2.45. The number of nitrogens with one attached hydrogen (secondary N) is 1. The summed E-state index contributed by atoms with van der Waals surface area (Å²) >= 11 is 0. The third-order valence-electron chi connectivity index (χ3n) is 10.1. The fourth-order valence-electron chi connectivity index (χ4n) is 6.57. The number of carbonyl (C=O) groups excluding carboxylic acids is 1. The molecule has 0 aromatic heterocycles. The predicted molar refractivity (Wildman–Crippen MR) is 243 cm³/mol. The molecule has 0 aromatic rings. The van der Waals surface area contributed by atoms with E-state index in [1.54, 1.807) is 6.08 Å². The van der Waals surface area contributed by atoms with E-state index in [0.717, 1.165) is 64.2 Å². The van der Waals surface area contributed by atoms with Gasteiger partial charge in [-0.15, -0.1) is 0 Å². The summed E-state index contributed by atoms with van der Waals surface area (Å²) in [4.78, 5) is 12.4. The van der Waals surface area contributed by atoms with Gasteiger partial charge in [0.2, 0.25) is 5.91 Å². The number of hydrogen-bond acceptors (Lipinski definition) is 3. The van der Waals surface area contributed by atoms with Gasteiger partial charge < -0.3 is 15.5 Å². The third-order valence-corrected chi connectivity index (χ3v) is 10.1. The zero-order valence-electron chi connectivity index (χ0n) is 36.2. The minimum Gasteiger partial charge on any atom is -0.394 e. The highest BCUT2D eigenvalue weighted by atomic mass is 16.3. The Bertz CT molecular complexity index is 1000. The highest BCUT2D eigenvalue weighted by Gasteiger charge is 2.17. The van der Waals surface area contributed by atoms with Crippen molar-refractivity contribution in [3.8, 4) is 0 Å². The SMILES string of the molecule is CC/C=C\C/C=C\C/C=C\C/C=C\C/C=C\CCCCCCCCCCCCCCCC(=O)NC(CO)C(O)/C=C/CC/C=C/CCCCCCCCCC. The molecule has 4 heteroatoms. The van der Waals surface area contributed by atoms with Crippen molar-refractivity contribution in [2.45, 2.75) is 225 Å². The number of allylic oxidation sites excluding steroid dienone is 13. The molecule has 0 aromatic carbocycles. The normalized spacial score (nSPS) is 13.7. The Kier molecular flexibility index (Phi) is 43.9. The monoisotopic (exact) mass is 764 g/mol. The standard InChI is InChI=1S/C51H89NO3/c1-3-5-7-9-11-13-15-17-19-20-21-22-23-24-25-26-27-28-29-30-31-32-33-35-37-39-41-43-45-47-51(55)52-49(48-53)50(54)46-44-42-40-38-36-34-18-16-14-12-10-8-6-4-2/h5,7,11,13,17,19,21-22,24-25,36,38,44,46,49-50,53-54H,3-4,6,8-10,12,14-16,18,20,23,26-35,37,39-43,45,47-48H2,1-2H3,(H,52,55)/b7-5-,13-11-,19-17-,22-21-,25-24-,38-36+,46-44+. The van der Waals surface area contributed by atoms with Crippen molar-refractivity contribution >= 4 is 5.91 Å². The minimum absolute atomic E-state index is 0.0791. The Labute approximate surface area is 341 Å². The van der Waals surface area contributed by atoms with E-state index in [1.165, 1.54) is 128 Å². The van der Waals surface area contributed by atoms with Gasteiger partial charge in [-0.1, -0.05) is 214 Å². The summed E-state index contributed by atoms with van der Waals surface area (Å²) in [6.07, 6.45) is 67.0. The first-order chi connectivity index (χ1) is 27.2. The molecule has 0 fully saturated rings. The summed E-state index contributed by atoms with van der Waals surface area (Å²) in [6, 6.07) is -0.643. The van der Waals surface area contributed by atoms with Gasteiger partial charge in [-0.05, 0) is 77.0 Å². The van der Waals surface area contributed by atoms with Crippen LogP contribution in [0.25, 0.3) is 0 Å². The van der Waals surface area contributed by atoms with Crippen LogP contribution < -0.4 is 5.32 Å². The van der Waals surface area contributed by atoms with Crippen LogP contribution in [0.4, 0.5) is 0 Å². The molecule has 316 valence electrons. The number of amides is 1. The van der Waals surface area contributed by atoms with Crippen molar-refractivity contribution in [1.82, 2.24) is 5.32 Å². The number of unbranched alkanes of at least 4 members (excludes halogenated alkanes) is 22. The van der Waals surface area contributed by atoms with E-state index in [9.17, 15) is 15.0 Å². The molecule has 0 rings (SSSR count). The highest BCUT2D eigenvalue weighted by molar-refractivity contribution is 5.76. The lowest BCUT2D eigenvalue weighted by molar-refractivity contribution is -0.123. The van der Waals surface area contributed by atoms with Crippen molar-refractivity contribution < 1.29 is 15.0 Å². The summed E-state index contributed by atoms with van der Waals surface area (Å²) in [5, 5.41) is 23.0. The van der Waals surface area contributed by atoms with Crippen LogP contribution in [0.3, 0.4) is 0 Å². The molecular formula is C51H89NO3. The van der Waals surface area contributed by atoms with Crippen LogP contribution >= 0.6 is 0 Å². The van der Waals surface area contributed by atoms with Crippen LogP contribution in [0.15, 0.2) is 85.1 Å². The van der Waals surface area contributed by atoms with Gasteiger partial charge in [0.1, 0.15) is 0 Å². The van der Waals surface area contributed by atoms with Gasteiger partial charge in [0.15, 0.2) is 0 Å². The number of aliphatic hydroxyl groups excluding tert-OH is 2. The minimum atomic E-state index is -0.865. The molecule has 0 bridgehead atoms. The van der Waals surface area contributed by atoms with Gasteiger partial charge in [0.25, 0.3) is 0 Å². The first-order valence-corrected chi connectivity index (χ1v) is 23.3. The Morgan fingerprint density at radius 2 is 0.818 bits per heavy atom. The lowest BCUT2D eigenvalue weighted by Gasteiger charge is -2.19. The van der Waals surface area contributed by atoms with Crippen molar-refractivity contribution in [3.63, 3.8) is 0 Å². The van der Waals surface area contributed by atoms with E-state index in [0.29, 0.717) is 6.42 Å². The summed E-state index contributed by atoms with van der Waals surface area (Å²) in [7, 11) is 0. The largest absolute Gasteiger partial charge is 0.394 e. The molecule has 0 spiro atoms. The van der Waals surface area contributed by atoms with Crippen molar-refractivity contribution in [2.24, 2.45) is 0 Å². The van der Waals surface area contributed by atoms with Crippen LogP contribution in [0.5, 0.6) is 0 Å². The molecular weight excluding hydrogens is 675 g/mol. The molecule has 0 aliphatic heterocycles. The van der Waals surface area contributed by atoms with Gasteiger partial charge >= 0.3 is 0 Å². The Morgan fingerprint density at radius 1 is 0.455 bits per heavy atom. The maximum Gasteiger partial charge on any atom is 0.220 e. The molecule has 0 heterocycles. The van der Waals surface area contributed by atoms with Gasteiger partial charge in [-0.3, -0.25) is 4.79 Å². The lowest BCUT2D eigenvalue weighted by atomic mass is 10.0. The Balaban J connectivity index is 3.58. The van der Waals surface area contributed by atoms with E-state index < -0.39 is 12.1 Å². The van der Waals surface area contributed by atoms with Gasteiger partial charge in [0.05, 0.1) is 18.8 Å². The zero-order chi connectivity index (χ0) is 40.0. The number of carbonyl (C=O) groups is 1. The molecule has 1 amide bonds. The summed E-state index contributed by atoms with van der Waals surface area (Å²) in [6.45, 7) is 4.17. The molecule has 4 nitrogen and oxygen atoms in total. The van der Waals surface area contributed by atoms with Gasteiger partial charge in [0, 0.05) is 6.42 Å². The van der Waals surface area contributed by atoms with Gasteiger partial charge in [-0.25, -0.2) is 0 Å².